The molecule has 0 spiro atoms. The van der Waals surface area contributed by atoms with E-state index in [1.807, 2.05) is 12.1 Å². The molecule has 2 heterocycles. The van der Waals surface area contributed by atoms with Gasteiger partial charge in [-0.1, -0.05) is 0 Å². The van der Waals surface area contributed by atoms with E-state index in [0.29, 0.717) is 0 Å². The topological polar surface area (TPSA) is 32.3 Å². The van der Waals surface area contributed by atoms with Crippen LogP contribution in [0.3, 0.4) is 0 Å². The van der Waals surface area contributed by atoms with E-state index in [1.165, 1.54) is 0 Å². The first-order chi connectivity index (χ1) is 6.75. The third kappa shape index (κ3) is 2.33. The Kier molecular flexibility index (Phi) is 3.17. The quantitative estimate of drug-likeness (QED) is 0.720. The maximum absolute atomic E-state index is 4.18. The fraction of sp³-hybridized carbons (Fsp3) is 0.556. The van der Waals surface area contributed by atoms with Gasteiger partial charge in [-0.05, 0) is 41.8 Å². The van der Waals surface area contributed by atoms with E-state index in [2.05, 4.69) is 49.6 Å². The highest BCUT2D eigenvalue weighted by Crippen LogP contribution is 2.12. The Bertz CT molecular complexity index is 292. The Hall–Kier alpha value is -0.430. The normalized spacial score (nSPS) is 18.6. The van der Waals surface area contributed by atoms with Crippen molar-refractivity contribution in [2.75, 3.05) is 38.1 Å². The lowest BCUT2D eigenvalue weighted by Gasteiger charge is -2.32. The third-order valence-corrected chi connectivity index (χ3v) is 3.02. The maximum Gasteiger partial charge on any atom is 0.151 e. The van der Waals surface area contributed by atoms with Crippen LogP contribution < -0.4 is 4.90 Å². The summed E-state index contributed by atoms with van der Waals surface area (Å²) >= 11 is 2.17. The molecule has 5 heteroatoms. The lowest BCUT2D eigenvalue weighted by molar-refractivity contribution is 0.311. The van der Waals surface area contributed by atoms with E-state index in [1.54, 1.807) is 0 Å². The number of likely N-dealkylation sites (N-methyl/N-ethyl adjacent to an activating group) is 1. The standard InChI is InChI=1S/C9H13IN4/c1-13-4-6-14(7-5-13)9-3-2-8(10)11-12-9/h2-3H,4-7H2,1H3. The van der Waals surface area contributed by atoms with Crippen molar-refractivity contribution in [2.24, 2.45) is 0 Å². The van der Waals surface area contributed by atoms with Crippen molar-refractivity contribution in [3.8, 4) is 0 Å². The van der Waals surface area contributed by atoms with Crippen LogP contribution in [0.5, 0.6) is 0 Å². The first kappa shape index (κ1) is 10.1. The zero-order valence-corrected chi connectivity index (χ0v) is 10.3. The van der Waals surface area contributed by atoms with E-state index < -0.39 is 0 Å². The van der Waals surface area contributed by atoms with Gasteiger partial charge in [-0.2, -0.15) is 0 Å². The summed E-state index contributed by atoms with van der Waals surface area (Å²) in [5.74, 6) is 0.999. The number of piperazine rings is 1. The Morgan fingerprint density at radius 1 is 1.14 bits per heavy atom. The summed E-state index contributed by atoms with van der Waals surface area (Å²) in [6, 6.07) is 4.04. The number of anilines is 1. The Labute approximate surface area is 97.4 Å². The van der Waals surface area contributed by atoms with Crippen LogP contribution in [-0.2, 0) is 0 Å². The summed E-state index contributed by atoms with van der Waals surface area (Å²) in [4.78, 5) is 4.61. The number of hydrogen-bond donors (Lipinski definition) is 0. The molecular weight excluding hydrogens is 291 g/mol. The fourth-order valence-corrected chi connectivity index (χ4v) is 1.80. The fourth-order valence-electron chi connectivity index (χ4n) is 1.51. The predicted octanol–water partition coefficient (Wildman–Crippen LogP) is 0.833. The van der Waals surface area contributed by atoms with Gasteiger partial charge in [0.2, 0.25) is 0 Å². The van der Waals surface area contributed by atoms with Crippen LogP contribution in [0.25, 0.3) is 0 Å². The number of aromatic nitrogens is 2. The first-order valence-electron chi connectivity index (χ1n) is 4.68. The molecular formula is C9H13IN4. The summed E-state index contributed by atoms with van der Waals surface area (Å²) in [5.41, 5.74) is 0. The van der Waals surface area contributed by atoms with Crippen LogP contribution in [0, 0.1) is 3.70 Å². The van der Waals surface area contributed by atoms with Gasteiger partial charge in [-0.25, -0.2) is 0 Å². The Morgan fingerprint density at radius 2 is 1.86 bits per heavy atom. The summed E-state index contributed by atoms with van der Waals surface area (Å²) in [7, 11) is 2.15. The van der Waals surface area contributed by atoms with Crippen molar-refractivity contribution in [1.29, 1.82) is 0 Å². The molecule has 14 heavy (non-hydrogen) atoms. The molecule has 76 valence electrons. The molecule has 1 fully saturated rings. The summed E-state index contributed by atoms with van der Waals surface area (Å²) < 4.78 is 0.945. The molecule has 0 saturated carbocycles. The maximum atomic E-state index is 4.18. The minimum Gasteiger partial charge on any atom is -0.353 e. The van der Waals surface area contributed by atoms with Crippen molar-refractivity contribution in [2.45, 2.75) is 0 Å². The van der Waals surface area contributed by atoms with E-state index in [9.17, 15) is 0 Å². The second-order valence-corrected chi connectivity index (χ2v) is 4.61. The molecule has 0 N–H and O–H groups in total. The third-order valence-electron chi connectivity index (χ3n) is 2.45. The molecule has 1 saturated heterocycles. The number of nitrogens with zero attached hydrogens (tertiary/aromatic N) is 4. The van der Waals surface area contributed by atoms with Gasteiger partial charge >= 0.3 is 0 Å². The van der Waals surface area contributed by atoms with Crippen molar-refractivity contribution in [3.63, 3.8) is 0 Å². The van der Waals surface area contributed by atoms with Crippen molar-refractivity contribution >= 4 is 28.4 Å². The lowest BCUT2D eigenvalue weighted by atomic mass is 10.3. The molecule has 0 aromatic carbocycles. The van der Waals surface area contributed by atoms with Gasteiger partial charge in [0.25, 0.3) is 0 Å². The van der Waals surface area contributed by atoms with Gasteiger partial charge in [0, 0.05) is 26.2 Å². The first-order valence-corrected chi connectivity index (χ1v) is 5.76. The number of halogens is 1. The molecule has 0 amide bonds. The largest absolute Gasteiger partial charge is 0.353 e. The highest BCUT2D eigenvalue weighted by atomic mass is 127. The van der Waals surface area contributed by atoms with Crippen LogP contribution in [0.15, 0.2) is 12.1 Å². The van der Waals surface area contributed by atoms with E-state index >= 15 is 0 Å². The SMILES string of the molecule is CN1CCN(c2ccc(I)nn2)CC1. The second kappa shape index (κ2) is 4.39. The number of hydrogen-bond acceptors (Lipinski definition) is 4. The van der Waals surface area contributed by atoms with Gasteiger partial charge in [0.05, 0.1) is 0 Å². The average molecular weight is 304 g/mol. The monoisotopic (exact) mass is 304 g/mol. The van der Waals surface area contributed by atoms with Gasteiger partial charge < -0.3 is 9.80 Å². The highest BCUT2D eigenvalue weighted by Gasteiger charge is 2.14. The van der Waals surface area contributed by atoms with Gasteiger partial charge in [0.1, 0.15) is 3.70 Å². The molecule has 1 aromatic heterocycles. The van der Waals surface area contributed by atoms with Crippen LogP contribution >= 0.6 is 22.6 Å². The van der Waals surface area contributed by atoms with Gasteiger partial charge in [-0.3, -0.25) is 0 Å². The van der Waals surface area contributed by atoms with E-state index in [-0.39, 0.29) is 0 Å². The summed E-state index contributed by atoms with van der Waals surface area (Å²) in [5, 5.41) is 8.23. The Morgan fingerprint density at radius 3 is 2.43 bits per heavy atom. The average Bonchev–Trinajstić information content (AvgIpc) is 2.21. The minimum absolute atomic E-state index is 0.945. The Balaban J connectivity index is 2.05. The van der Waals surface area contributed by atoms with Crippen LogP contribution in [-0.4, -0.2) is 48.3 Å². The van der Waals surface area contributed by atoms with E-state index in [4.69, 9.17) is 0 Å². The van der Waals surface area contributed by atoms with Gasteiger partial charge in [-0.15, -0.1) is 10.2 Å². The van der Waals surface area contributed by atoms with Crippen molar-refractivity contribution in [1.82, 2.24) is 15.1 Å². The molecule has 0 radical (unpaired) electrons. The molecule has 1 aromatic rings. The van der Waals surface area contributed by atoms with Crippen LogP contribution in [0.2, 0.25) is 0 Å². The molecule has 2 rings (SSSR count). The molecule has 1 aliphatic rings. The second-order valence-electron chi connectivity index (χ2n) is 3.50. The zero-order chi connectivity index (χ0) is 9.97. The molecule has 1 aliphatic heterocycles. The van der Waals surface area contributed by atoms with Gasteiger partial charge in [0.15, 0.2) is 5.82 Å². The summed E-state index contributed by atoms with van der Waals surface area (Å²) in [6.45, 7) is 4.30. The van der Waals surface area contributed by atoms with Crippen molar-refractivity contribution < 1.29 is 0 Å². The number of rotatable bonds is 1. The zero-order valence-electron chi connectivity index (χ0n) is 8.15. The molecule has 0 atom stereocenters. The molecule has 0 unspecified atom stereocenters. The summed E-state index contributed by atoms with van der Waals surface area (Å²) in [6.07, 6.45) is 0. The van der Waals surface area contributed by atoms with Crippen LogP contribution in [0.4, 0.5) is 5.82 Å². The molecule has 4 nitrogen and oxygen atoms in total. The highest BCUT2D eigenvalue weighted by molar-refractivity contribution is 14.1. The minimum atomic E-state index is 0.945. The van der Waals surface area contributed by atoms with Crippen molar-refractivity contribution in [3.05, 3.63) is 15.8 Å². The smallest absolute Gasteiger partial charge is 0.151 e. The van der Waals surface area contributed by atoms with E-state index in [0.717, 1.165) is 35.7 Å². The molecule has 0 aliphatic carbocycles. The molecule has 0 bridgehead atoms. The lowest BCUT2D eigenvalue weighted by Crippen LogP contribution is -2.44. The predicted molar refractivity (Wildman–Crippen MR) is 64.5 cm³/mol. The van der Waals surface area contributed by atoms with Crippen LogP contribution in [0.1, 0.15) is 0 Å².